The third-order valence-electron chi connectivity index (χ3n) is 5.56. The van der Waals surface area contributed by atoms with Gasteiger partial charge in [-0.3, -0.25) is 14.2 Å². The predicted octanol–water partition coefficient (Wildman–Crippen LogP) is 4.32. The van der Waals surface area contributed by atoms with Crippen molar-refractivity contribution in [1.29, 1.82) is 0 Å². The van der Waals surface area contributed by atoms with Crippen LogP contribution in [-0.4, -0.2) is 45.9 Å². The number of carbonyl (C=O) groups is 1. The predicted molar refractivity (Wildman–Crippen MR) is 128 cm³/mol. The van der Waals surface area contributed by atoms with Crippen molar-refractivity contribution in [2.75, 3.05) is 19.4 Å². The lowest BCUT2D eigenvalue weighted by Crippen LogP contribution is -2.30. The highest BCUT2D eigenvalue weighted by molar-refractivity contribution is 7.99. The monoisotopic (exact) mass is 477 g/mol. The molecule has 0 N–H and O–H groups in total. The van der Waals surface area contributed by atoms with Gasteiger partial charge in [-0.15, -0.1) is 22.7 Å². The molecule has 4 rings (SSSR count). The maximum absolute atomic E-state index is 13.5. The van der Waals surface area contributed by atoms with Crippen LogP contribution in [0.3, 0.4) is 0 Å². The molecule has 1 unspecified atom stereocenters. The van der Waals surface area contributed by atoms with Crippen molar-refractivity contribution in [1.82, 2.24) is 14.5 Å². The number of nitrogens with zero attached hydrogens (tertiary/aromatic N) is 3. The molecule has 166 valence electrons. The second-order valence-corrected chi connectivity index (χ2v) is 10.9. The molecule has 31 heavy (non-hydrogen) atoms. The summed E-state index contributed by atoms with van der Waals surface area (Å²) in [6, 6.07) is 4.02. The number of ether oxygens (including phenoxy) is 1. The summed E-state index contributed by atoms with van der Waals surface area (Å²) < 4.78 is 7.53. The van der Waals surface area contributed by atoms with E-state index in [1.165, 1.54) is 11.8 Å². The van der Waals surface area contributed by atoms with E-state index in [0.29, 0.717) is 18.2 Å². The Morgan fingerprint density at radius 2 is 2.29 bits per heavy atom. The summed E-state index contributed by atoms with van der Waals surface area (Å²) in [4.78, 5) is 35.8. The molecule has 1 amide bonds. The molecule has 1 fully saturated rings. The van der Waals surface area contributed by atoms with E-state index < -0.39 is 0 Å². The zero-order chi connectivity index (χ0) is 22.0. The number of thiophene rings is 2. The van der Waals surface area contributed by atoms with Crippen LogP contribution in [0.15, 0.2) is 27.5 Å². The van der Waals surface area contributed by atoms with E-state index in [0.717, 1.165) is 51.4 Å². The van der Waals surface area contributed by atoms with Gasteiger partial charge in [0.1, 0.15) is 4.83 Å². The quantitative estimate of drug-likeness (QED) is 0.357. The molecule has 6 nitrogen and oxygen atoms in total. The van der Waals surface area contributed by atoms with Crippen LogP contribution in [0.5, 0.6) is 0 Å². The number of amides is 1. The Kier molecular flexibility index (Phi) is 7.15. The number of aromatic nitrogens is 2. The van der Waals surface area contributed by atoms with Gasteiger partial charge in [0.25, 0.3) is 5.56 Å². The molecular formula is C22H27N3O3S3. The van der Waals surface area contributed by atoms with Gasteiger partial charge in [-0.05, 0) is 43.2 Å². The third kappa shape index (κ3) is 4.89. The van der Waals surface area contributed by atoms with E-state index >= 15 is 0 Å². The zero-order valence-corrected chi connectivity index (χ0v) is 20.5. The standard InChI is InChI=1S/C22H27N3O3S3/c1-4-17-14(2)31-20-19(17)21(27)25(11-15-7-5-9-28-15)22(23-20)30-13-18(26)24(3)12-16-8-6-10-29-16/h6,8,10,15H,4-5,7,9,11-13H2,1-3H3. The maximum Gasteiger partial charge on any atom is 0.263 e. The number of fused-ring (bicyclic) bond motifs is 1. The number of rotatable bonds is 8. The number of hydrogen-bond acceptors (Lipinski definition) is 7. The minimum Gasteiger partial charge on any atom is -0.376 e. The highest BCUT2D eigenvalue weighted by Crippen LogP contribution is 2.30. The Hall–Kier alpha value is -1.68. The molecule has 0 spiro atoms. The molecule has 0 bridgehead atoms. The molecule has 0 aliphatic carbocycles. The van der Waals surface area contributed by atoms with Crippen LogP contribution in [0.2, 0.25) is 0 Å². The van der Waals surface area contributed by atoms with E-state index in [2.05, 4.69) is 6.92 Å². The first-order valence-electron chi connectivity index (χ1n) is 10.5. The third-order valence-corrected chi connectivity index (χ3v) is 8.43. The van der Waals surface area contributed by atoms with Gasteiger partial charge in [0.05, 0.1) is 30.3 Å². The molecule has 1 aliphatic rings. The summed E-state index contributed by atoms with van der Waals surface area (Å²) in [6.07, 6.45) is 2.79. The lowest BCUT2D eigenvalue weighted by molar-refractivity contribution is -0.127. The van der Waals surface area contributed by atoms with Gasteiger partial charge in [-0.25, -0.2) is 4.98 Å². The van der Waals surface area contributed by atoms with Crippen LogP contribution < -0.4 is 5.56 Å². The Balaban J connectivity index is 1.60. The Morgan fingerprint density at radius 3 is 2.97 bits per heavy atom. The molecule has 3 aromatic heterocycles. The van der Waals surface area contributed by atoms with Crippen LogP contribution in [0.1, 0.15) is 35.1 Å². The van der Waals surface area contributed by atoms with Crippen LogP contribution in [0, 0.1) is 6.92 Å². The van der Waals surface area contributed by atoms with E-state index in [-0.39, 0.29) is 23.3 Å². The van der Waals surface area contributed by atoms with Gasteiger partial charge >= 0.3 is 0 Å². The summed E-state index contributed by atoms with van der Waals surface area (Å²) >= 11 is 4.55. The van der Waals surface area contributed by atoms with Gasteiger partial charge in [-0.2, -0.15) is 0 Å². The van der Waals surface area contributed by atoms with Crippen molar-refractivity contribution in [3.05, 3.63) is 43.2 Å². The zero-order valence-electron chi connectivity index (χ0n) is 18.1. The summed E-state index contributed by atoms with van der Waals surface area (Å²) in [6.45, 7) is 5.94. The highest BCUT2D eigenvalue weighted by atomic mass is 32.2. The second kappa shape index (κ2) is 9.85. The smallest absolute Gasteiger partial charge is 0.263 e. The normalized spacial score (nSPS) is 16.3. The van der Waals surface area contributed by atoms with Gasteiger partial charge in [-0.1, -0.05) is 24.8 Å². The van der Waals surface area contributed by atoms with Crippen molar-refractivity contribution >= 4 is 50.6 Å². The average Bonchev–Trinajstić information content (AvgIpc) is 3.50. The minimum atomic E-state index is -0.0106. The van der Waals surface area contributed by atoms with E-state index in [9.17, 15) is 9.59 Å². The summed E-state index contributed by atoms with van der Waals surface area (Å²) in [5.41, 5.74) is 1.07. The summed E-state index contributed by atoms with van der Waals surface area (Å²) in [7, 11) is 1.81. The fourth-order valence-electron chi connectivity index (χ4n) is 3.88. The summed E-state index contributed by atoms with van der Waals surface area (Å²) in [5, 5.41) is 3.35. The second-order valence-electron chi connectivity index (χ2n) is 7.73. The fourth-order valence-corrected chi connectivity index (χ4v) is 6.74. The molecule has 1 atom stereocenters. The average molecular weight is 478 g/mol. The molecule has 9 heteroatoms. The number of hydrogen-bond donors (Lipinski definition) is 0. The molecule has 0 saturated carbocycles. The van der Waals surface area contributed by atoms with Gasteiger partial charge in [0, 0.05) is 23.4 Å². The number of aryl methyl sites for hydroxylation is 2. The number of thioether (sulfide) groups is 1. The van der Waals surface area contributed by atoms with Gasteiger partial charge < -0.3 is 9.64 Å². The SMILES string of the molecule is CCc1c(C)sc2nc(SCC(=O)N(C)Cc3cccs3)n(CC3CCCO3)c(=O)c12. The molecule has 0 aromatic carbocycles. The molecule has 1 saturated heterocycles. The minimum absolute atomic E-state index is 0.0106. The summed E-state index contributed by atoms with van der Waals surface area (Å²) in [5.74, 6) is 0.268. The van der Waals surface area contributed by atoms with E-state index in [4.69, 9.17) is 9.72 Å². The van der Waals surface area contributed by atoms with Crippen LogP contribution in [-0.2, 0) is 29.0 Å². The van der Waals surface area contributed by atoms with Crippen LogP contribution >= 0.6 is 34.4 Å². The van der Waals surface area contributed by atoms with Crippen LogP contribution in [0.25, 0.3) is 10.2 Å². The van der Waals surface area contributed by atoms with Crippen molar-refractivity contribution < 1.29 is 9.53 Å². The fraction of sp³-hybridized carbons (Fsp3) is 0.500. The molecule has 0 radical (unpaired) electrons. The highest BCUT2D eigenvalue weighted by Gasteiger charge is 2.23. The van der Waals surface area contributed by atoms with Crippen molar-refractivity contribution in [2.24, 2.45) is 0 Å². The lowest BCUT2D eigenvalue weighted by atomic mass is 10.1. The largest absolute Gasteiger partial charge is 0.376 e. The van der Waals surface area contributed by atoms with Crippen molar-refractivity contribution in [2.45, 2.75) is 57.5 Å². The number of carbonyl (C=O) groups excluding carboxylic acids is 1. The lowest BCUT2D eigenvalue weighted by Gasteiger charge is -2.18. The first-order chi connectivity index (χ1) is 15.0. The van der Waals surface area contributed by atoms with E-state index in [1.54, 1.807) is 32.1 Å². The Labute approximate surface area is 194 Å². The van der Waals surface area contributed by atoms with Crippen molar-refractivity contribution in [3.8, 4) is 0 Å². The van der Waals surface area contributed by atoms with Crippen LogP contribution in [0.4, 0.5) is 0 Å². The van der Waals surface area contributed by atoms with Gasteiger partial charge in [0.15, 0.2) is 5.16 Å². The first kappa shape index (κ1) is 22.5. The Morgan fingerprint density at radius 1 is 1.45 bits per heavy atom. The molecular weight excluding hydrogens is 450 g/mol. The topological polar surface area (TPSA) is 64.4 Å². The van der Waals surface area contributed by atoms with Gasteiger partial charge in [0.2, 0.25) is 5.91 Å². The van der Waals surface area contributed by atoms with E-state index in [1.807, 2.05) is 31.5 Å². The van der Waals surface area contributed by atoms with Crippen molar-refractivity contribution in [3.63, 3.8) is 0 Å². The molecule has 3 aromatic rings. The maximum atomic E-state index is 13.5. The molecule has 1 aliphatic heterocycles. The Bertz CT molecular complexity index is 1110. The molecule has 4 heterocycles. The first-order valence-corrected chi connectivity index (χ1v) is 13.2.